The Labute approximate surface area is 254 Å². The zero-order chi connectivity index (χ0) is 29.6. The van der Waals surface area contributed by atoms with E-state index in [4.69, 9.17) is 16.3 Å². The van der Waals surface area contributed by atoms with E-state index in [1.165, 1.54) is 30.2 Å². The number of rotatable bonds is 11. The number of methoxy groups -OCH3 is 1. The van der Waals surface area contributed by atoms with Crippen molar-refractivity contribution >= 4 is 55.1 Å². The number of carbonyl (C=O) groups is 2. The summed E-state index contributed by atoms with van der Waals surface area (Å²) < 4.78 is 34.9. The van der Waals surface area contributed by atoms with Gasteiger partial charge in [-0.3, -0.25) is 13.9 Å². The number of nitrogens with zero attached hydrogens (tertiary/aromatic N) is 2. The van der Waals surface area contributed by atoms with E-state index in [0.717, 1.165) is 40.0 Å². The van der Waals surface area contributed by atoms with Crippen LogP contribution in [-0.4, -0.2) is 50.9 Å². The molecule has 1 aliphatic carbocycles. The van der Waals surface area contributed by atoms with Crippen molar-refractivity contribution in [2.24, 2.45) is 0 Å². The quantitative estimate of drug-likeness (QED) is 0.281. The molecule has 1 atom stereocenters. The van der Waals surface area contributed by atoms with Crippen LogP contribution in [0.15, 0.2) is 82.2 Å². The monoisotopic (exact) mass is 661 g/mol. The lowest BCUT2D eigenvalue weighted by Crippen LogP contribution is -2.52. The fraction of sp³-hybridized carbons (Fsp3) is 0.333. The van der Waals surface area contributed by atoms with Gasteiger partial charge in [-0.25, -0.2) is 8.42 Å². The predicted octanol–water partition coefficient (Wildman–Crippen LogP) is 5.78. The first-order valence-corrected chi connectivity index (χ1v) is 16.0. The van der Waals surface area contributed by atoms with Gasteiger partial charge < -0.3 is 15.0 Å². The maximum atomic E-state index is 14.0. The largest absolute Gasteiger partial charge is 0.497 e. The van der Waals surface area contributed by atoms with Gasteiger partial charge in [-0.1, -0.05) is 58.6 Å². The van der Waals surface area contributed by atoms with Gasteiger partial charge in [-0.2, -0.15) is 0 Å². The van der Waals surface area contributed by atoms with E-state index in [0.29, 0.717) is 10.8 Å². The number of halogens is 2. The predicted molar refractivity (Wildman–Crippen MR) is 164 cm³/mol. The maximum Gasteiger partial charge on any atom is 0.264 e. The zero-order valence-electron chi connectivity index (χ0n) is 22.9. The van der Waals surface area contributed by atoms with Gasteiger partial charge in [0.1, 0.15) is 18.3 Å². The number of hydrogen-bond acceptors (Lipinski definition) is 5. The molecule has 0 aliphatic heterocycles. The lowest BCUT2D eigenvalue weighted by atomic mass is 10.1. The normalized spacial score (nSPS) is 14.3. The van der Waals surface area contributed by atoms with Gasteiger partial charge >= 0.3 is 0 Å². The van der Waals surface area contributed by atoms with Crippen LogP contribution in [0, 0.1) is 0 Å². The van der Waals surface area contributed by atoms with Crippen LogP contribution in [0.4, 0.5) is 5.69 Å². The van der Waals surface area contributed by atoms with Gasteiger partial charge in [0.05, 0.1) is 17.7 Å². The van der Waals surface area contributed by atoms with Crippen LogP contribution in [0.1, 0.15) is 38.2 Å². The first-order chi connectivity index (χ1) is 19.6. The first-order valence-electron chi connectivity index (χ1n) is 13.3. The number of anilines is 1. The highest BCUT2D eigenvalue weighted by molar-refractivity contribution is 9.10. The van der Waals surface area contributed by atoms with Crippen LogP contribution in [-0.2, 0) is 26.2 Å². The molecular weight excluding hydrogens is 630 g/mol. The molecule has 11 heteroatoms. The van der Waals surface area contributed by atoms with Crippen LogP contribution in [0.2, 0.25) is 5.02 Å². The molecule has 2 amide bonds. The summed E-state index contributed by atoms with van der Waals surface area (Å²) in [5, 5.41) is 3.39. The highest BCUT2D eigenvalue weighted by atomic mass is 79.9. The van der Waals surface area contributed by atoms with E-state index < -0.39 is 28.5 Å². The maximum absolute atomic E-state index is 14.0. The van der Waals surface area contributed by atoms with Crippen molar-refractivity contribution in [1.29, 1.82) is 0 Å². The van der Waals surface area contributed by atoms with Gasteiger partial charge in [0, 0.05) is 22.1 Å². The molecular formula is C30H33BrClN3O5S. The van der Waals surface area contributed by atoms with Crippen LogP contribution in [0.3, 0.4) is 0 Å². The summed E-state index contributed by atoms with van der Waals surface area (Å²) in [4.78, 5) is 28.8. The number of hydrogen-bond donors (Lipinski definition) is 1. The highest BCUT2D eigenvalue weighted by Gasteiger charge is 2.33. The molecule has 0 radical (unpaired) electrons. The number of sulfonamides is 1. The average Bonchev–Trinajstić information content (AvgIpc) is 3.47. The van der Waals surface area contributed by atoms with Crippen LogP contribution < -0.4 is 14.4 Å². The minimum atomic E-state index is -4.21. The molecule has 0 spiro atoms. The van der Waals surface area contributed by atoms with Gasteiger partial charge in [-0.05, 0) is 79.9 Å². The summed E-state index contributed by atoms with van der Waals surface area (Å²) in [5.74, 6) is -0.305. The molecule has 1 fully saturated rings. The average molecular weight is 663 g/mol. The number of ether oxygens (including phenoxy) is 1. The van der Waals surface area contributed by atoms with E-state index in [2.05, 4.69) is 21.2 Å². The first kappa shape index (κ1) is 30.9. The Morgan fingerprint density at radius 2 is 1.73 bits per heavy atom. The molecule has 0 unspecified atom stereocenters. The molecule has 3 aromatic carbocycles. The van der Waals surface area contributed by atoms with Crippen molar-refractivity contribution in [2.75, 3.05) is 18.0 Å². The zero-order valence-corrected chi connectivity index (χ0v) is 26.1. The van der Waals surface area contributed by atoms with Crippen molar-refractivity contribution in [3.63, 3.8) is 0 Å². The van der Waals surface area contributed by atoms with Crippen molar-refractivity contribution in [2.45, 2.75) is 56.1 Å². The minimum Gasteiger partial charge on any atom is -0.497 e. The molecule has 0 bridgehead atoms. The Morgan fingerprint density at radius 3 is 2.37 bits per heavy atom. The third-order valence-corrected chi connectivity index (χ3v) is 9.65. The summed E-state index contributed by atoms with van der Waals surface area (Å²) in [5.41, 5.74) is 1.02. The SMILES string of the molecule is COc1ccc(S(=O)(=O)N(CC(=O)N(Cc2cccc(Br)c2)[C@H](C)C(=O)NC2CCCC2)c2cccc(Cl)c2)cc1. The summed E-state index contributed by atoms with van der Waals surface area (Å²) in [6.45, 7) is 1.25. The van der Waals surface area contributed by atoms with Crippen LogP contribution >= 0.6 is 27.5 Å². The van der Waals surface area contributed by atoms with Gasteiger partial charge in [0.15, 0.2) is 0 Å². The lowest BCUT2D eigenvalue weighted by Gasteiger charge is -2.32. The molecule has 3 aromatic rings. The second-order valence-corrected chi connectivity index (χ2v) is 13.2. The Morgan fingerprint density at radius 1 is 1.05 bits per heavy atom. The van der Waals surface area contributed by atoms with Gasteiger partial charge in [0.2, 0.25) is 11.8 Å². The molecule has 0 saturated heterocycles. The Bertz CT molecular complexity index is 1480. The topological polar surface area (TPSA) is 96.0 Å². The summed E-state index contributed by atoms with van der Waals surface area (Å²) in [7, 11) is -2.71. The summed E-state index contributed by atoms with van der Waals surface area (Å²) >= 11 is 9.69. The smallest absolute Gasteiger partial charge is 0.264 e. The van der Waals surface area contributed by atoms with E-state index in [1.54, 1.807) is 37.3 Å². The van der Waals surface area contributed by atoms with Crippen LogP contribution in [0.5, 0.6) is 5.75 Å². The number of carbonyl (C=O) groups excluding carboxylic acids is 2. The third-order valence-electron chi connectivity index (χ3n) is 7.13. The molecule has 1 aliphatic rings. The number of nitrogens with one attached hydrogen (secondary N) is 1. The molecule has 0 heterocycles. The van der Waals surface area contributed by atoms with Gasteiger partial charge in [-0.15, -0.1) is 0 Å². The lowest BCUT2D eigenvalue weighted by molar-refractivity contribution is -0.139. The molecule has 218 valence electrons. The van der Waals surface area contributed by atoms with Crippen molar-refractivity contribution in [3.8, 4) is 5.75 Å². The van der Waals surface area contributed by atoms with E-state index in [9.17, 15) is 18.0 Å². The van der Waals surface area contributed by atoms with Crippen molar-refractivity contribution < 1.29 is 22.7 Å². The molecule has 1 saturated carbocycles. The fourth-order valence-electron chi connectivity index (χ4n) is 4.84. The number of benzene rings is 3. The van der Waals surface area contributed by atoms with Crippen molar-refractivity contribution in [1.82, 2.24) is 10.2 Å². The molecule has 0 aromatic heterocycles. The van der Waals surface area contributed by atoms with E-state index in [1.807, 2.05) is 24.3 Å². The Hall–Kier alpha value is -3.08. The third kappa shape index (κ3) is 7.81. The minimum absolute atomic E-state index is 0.0170. The summed E-state index contributed by atoms with van der Waals surface area (Å²) in [6.07, 6.45) is 3.91. The Balaban J connectivity index is 1.69. The fourth-order valence-corrected chi connectivity index (χ4v) is 6.88. The second-order valence-electron chi connectivity index (χ2n) is 9.98. The highest BCUT2D eigenvalue weighted by Crippen LogP contribution is 2.28. The summed E-state index contributed by atoms with van der Waals surface area (Å²) in [6, 6.07) is 18.9. The van der Waals surface area contributed by atoms with E-state index in [-0.39, 0.29) is 29.1 Å². The van der Waals surface area contributed by atoms with Crippen LogP contribution in [0.25, 0.3) is 0 Å². The second kappa shape index (κ2) is 13.7. The van der Waals surface area contributed by atoms with Crippen molar-refractivity contribution in [3.05, 3.63) is 87.9 Å². The molecule has 41 heavy (non-hydrogen) atoms. The van der Waals surface area contributed by atoms with Gasteiger partial charge in [0.25, 0.3) is 10.0 Å². The molecule has 4 rings (SSSR count). The standard InChI is InChI=1S/C30H33BrClN3O5S/c1-21(30(37)33-25-10-3-4-11-25)34(19-22-7-5-8-23(31)17-22)29(36)20-35(26-12-6-9-24(32)18-26)41(38,39)28-15-13-27(40-2)14-16-28/h5-9,12-18,21,25H,3-4,10-11,19-20H2,1-2H3,(H,33,37)/t21-/m1/s1. The molecule has 8 nitrogen and oxygen atoms in total. The van der Waals surface area contributed by atoms with E-state index >= 15 is 0 Å². The molecule has 1 N–H and O–H groups in total. The number of amides is 2. The Kier molecular flexibility index (Phi) is 10.3.